The molecule has 0 saturated heterocycles. The van der Waals surface area contributed by atoms with Gasteiger partial charge in [-0.15, -0.1) is 0 Å². The van der Waals surface area contributed by atoms with E-state index in [1.54, 1.807) is 0 Å². The summed E-state index contributed by atoms with van der Waals surface area (Å²) in [5.41, 5.74) is 3.41. The lowest BCUT2D eigenvalue weighted by Crippen LogP contribution is -1.99. The van der Waals surface area contributed by atoms with Crippen LogP contribution in [0.25, 0.3) is 11.1 Å². The average Bonchev–Trinajstić information content (AvgIpc) is 3.28. The Morgan fingerprint density at radius 3 is 2.71 bits per heavy atom. The molecule has 24 heavy (non-hydrogen) atoms. The molecule has 0 amide bonds. The molecule has 0 spiro atoms. The second kappa shape index (κ2) is 6.81. The molecule has 1 aliphatic rings. The number of benzene rings is 2. The second-order valence-electron chi connectivity index (χ2n) is 6.34. The Balaban J connectivity index is 1.51. The lowest BCUT2D eigenvalue weighted by atomic mass is 10.1. The van der Waals surface area contributed by atoms with Gasteiger partial charge in [-0.2, -0.15) is 5.10 Å². The molecule has 0 aliphatic heterocycles. The minimum atomic E-state index is 0.567. The highest BCUT2D eigenvalue weighted by molar-refractivity contribution is 9.10. The zero-order chi connectivity index (χ0) is 16.4. The lowest BCUT2D eigenvalue weighted by molar-refractivity contribution is 0.306. The molecule has 3 nitrogen and oxygen atoms in total. The van der Waals surface area contributed by atoms with Crippen LogP contribution in [0.4, 0.5) is 0 Å². The van der Waals surface area contributed by atoms with E-state index < -0.39 is 0 Å². The third kappa shape index (κ3) is 3.88. The van der Waals surface area contributed by atoms with E-state index in [0.29, 0.717) is 6.61 Å². The molecule has 122 valence electrons. The van der Waals surface area contributed by atoms with E-state index in [-0.39, 0.29) is 0 Å². The van der Waals surface area contributed by atoms with Crippen molar-refractivity contribution in [2.24, 2.45) is 5.92 Å². The Kier molecular flexibility index (Phi) is 4.39. The molecular weight excluding hydrogens is 364 g/mol. The summed E-state index contributed by atoms with van der Waals surface area (Å²) in [5, 5.41) is 4.49. The Morgan fingerprint density at radius 2 is 1.92 bits per heavy atom. The van der Waals surface area contributed by atoms with Crippen molar-refractivity contribution < 1.29 is 4.74 Å². The molecule has 4 heteroatoms. The minimum Gasteiger partial charge on any atom is -0.489 e. The fraction of sp³-hybridized carbons (Fsp3) is 0.250. The Morgan fingerprint density at radius 1 is 1.08 bits per heavy atom. The number of aromatic nitrogens is 2. The van der Waals surface area contributed by atoms with Crippen LogP contribution >= 0.6 is 15.9 Å². The molecule has 0 unspecified atom stereocenters. The van der Waals surface area contributed by atoms with E-state index in [9.17, 15) is 0 Å². The van der Waals surface area contributed by atoms with Crippen molar-refractivity contribution in [2.75, 3.05) is 0 Å². The molecule has 0 atom stereocenters. The first-order chi connectivity index (χ1) is 11.8. The first-order valence-electron chi connectivity index (χ1n) is 8.26. The molecule has 1 heterocycles. The molecule has 1 aliphatic carbocycles. The Bertz CT molecular complexity index is 825. The van der Waals surface area contributed by atoms with Crippen LogP contribution in [0.15, 0.2) is 65.4 Å². The van der Waals surface area contributed by atoms with Crippen LogP contribution in [0.1, 0.15) is 18.4 Å². The number of nitrogens with zero attached hydrogens (tertiary/aromatic N) is 2. The van der Waals surface area contributed by atoms with Crippen molar-refractivity contribution in [3.8, 4) is 16.9 Å². The largest absolute Gasteiger partial charge is 0.489 e. The second-order valence-corrected chi connectivity index (χ2v) is 7.26. The van der Waals surface area contributed by atoms with Crippen LogP contribution in [0.3, 0.4) is 0 Å². The molecule has 1 saturated carbocycles. The third-order valence-corrected chi connectivity index (χ3v) is 4.69. The van der Waals surface area contributed by atoms with Gasteiger partial charge in [-0.3, -0.25) is 4.68 Å². The summed E-state index contributed by atoms with van der Waals surface area (Å²) in [4.78, 5) is 0. The minimum absolute atomic E-state index is 0.567. The molecule has 2 aromatic carbocycles. The lowest BCUT2D eigenvalue weighted by Gasteiger charge is -2.09. The van der Waals surface area contributed by atoms with E-state index in [2.05, 4.69) is 56.2 Å². The van der Waals surface area contributed by atoms with E-state index in [1.807, 2.05) is 30.5 Å². The van der Waals surface area contributed by atoms with Gasteiger partial charge in [-0.25, -0.2) is 0 Å². The number of hydrogen-bond acceptors (Lipinski definition) is 2. The molecule has 3 aromatic rings. The maximum atomic E-state index is 5.96. The summed E-state index contributed by atoms with van der Waals surface area (Å²) in [7, 11) is 0. The van der Waals surface area contributed by atoms with Gasteiger partial charge in [0.1, 0.15) is 12.4 Å². The van der Waals surface area contributed by atoms with Gasteiger partial charge in [0, 0.05) is 22.8 Å². The van der Waals surface area contributed by atoms with Crippen molar-refractivity contribution in [1.82, 2.24) is 9.78 Å². The highest BCUT2D eigenvalue weighted by Gasteiger charge is 2.22. The van der Waals surface area contributed by atoms with Crippen LogP contribution in [-0.2, 0) is 13.2 Å². The highest BCUT2D eigenvalue weighted by Crippen LogP contribution is 2.32. The van der Waals surface area contributed by atoms with Crippen molar-refractivity contribution in [2.45, 2.75) is 26.0 Å². The van der Waals surface area contributed by atoms with Crippen LogP contribution < -0.4 is 4.74 Å². The van der Waals surface area contributed by atoms with Crippen LogP contribution in [-0.4, -0.2) is 9.78 Å². The Hall–Kier alpha value is -2.07. The SMILES string of the molecule is Brc1cc(OCc2ccccc2)cc(-c2cnn(CC3CC3)c2)c1. The van der Waals surface area contributed by atoms with E-state index in [0.717, 1.165) is 39.4 Å². The molecule has 4 rings (SSSR count). The summed E-state index contributed by atoms with van der Waals surface area (Å²) in [5.74, 6) is 1.68. The van der Waals surface area contributed by atoms with Gasteiger partial charge < -0.3 is 4.74 Å². The third-order valence-electron chi connectivity index (χ3n) is 4.23. The zero-order valence-corrected chi connectivity index (χ0v) is 14.9. The van der Waals surface area contributed by atoms with E-state index in [4.69, 9.17) is 4.74 Å². The topological polar surface area (TPSA) is 27.1 Å². The molecule has 1 fully saturated rings. The standard InChI is InChI=1S/C20H19BrN2O/c21-19-8-17(18-11-22-23(13-18)12-15-6-7-15)9-20(10-19)24-14-16-4-2-1-3-5-16/h1-5,8-11,13,15H,6-7,12,14H2. The zero-order valence-electron chi connectivity index (χ0n) is 13.4. The average molecular weight is 383 g/mol. The van der Waals surface area contributed by atoms with Crippen molar-refractivity contribution >= 4 is 15.9 Å². The summed E-state index contributed by atoms with van der Waals surface area (Å²) in [6, 6.07) is 16.4. The van der Waals surface area contributed by atoms with Gasteiger partial charge in [0.15, 0.2) is 0 Å². The highest BCUT2D eigenvalue weighted by atomic mass is 79.9. The smallest absolute Gasteiger partial charge is 0.121 e. The van der Waals surface area contributed by atoms with Gasteiger partial charge in [-0.1, -0.05) is 46.3 Å². The van der Waals surface area contributed by atoms with E-state index >= 15 is 0 Å². The normalized spacial score (nSPS) is 13.9. The predicted molar refractivity (Wildman–Crippen MR) is 98.9 cm³/mol. The van der Waals surface area contributed by atoms with E-state index in [1.165, 1.54) is 12.8 Å². The van der Waals surface area contributed by atoms with Crippen LogP contribution in [0, 0.1) is 5.92 Å². The van der Waals surface area contributed by atoms with Gasteiger partial charge >= 0.3 is 0 Å². The van der Waals surface area contributed by atoms with Crippen molar-refractivity contribution in [1.29, 1.82) is 0 Å². The first-order valence-corrected chi connectivity index (χ1v) is 9.06. The number of rotatable bonds is 6. The Labute approximate surface area is 150 Å². The summed E-state index contributed by atoms with van der Waals surface area (Å²) in [6.07, 6.45) is 6.74. The summed E-state index contributed by atoms with van der Waals surface area (Å²) >= 11 is 3.59. The van der Waals surface area contributed by atoms with Gasteiger partial charge in [0.25, 0.3) is 0 Å². The van der Waals surface area contributed by atoms with Gasteiger partial charge in [0.05, 0.1) is 6.20 Å². The molecular formula is C20H19BrN2O. The summed E-state index contributed by atoms with van der Waals surface area (Å²) < 4.78 is 9.03. The summed E-state index contributed by atoms with van der Waals surface area (Å²) in [6.45, 7) is 1.60. The van der Waals surface area contributed by atoms with Gasteiger partial charge in [0.2, 0.25) is 0 Å². The fourth-order valence-corrected chi connectivity index (χ4v) is 3.20. The number of ether oxygens (including phenoxy) is 1. The van der Waals surface area contributed by atoms with Crippen molar-refractivity contribution in [3.63, 3.8) is 0 Å². The monoisotopic (exact) mass is 382 g/mol. The fourth-order valence-electron chi connectivity index (χ4n) is 2.73. The van der Waals surface area contributed by atoms with Gasteiger partial charge in [-0.05, 0) is 48.1 Å². The number of halogens is 1. The quantitative estimate of drug-likeness (QED) is 0.578. The van der Waals surface area contributed by atoms with Crippen LogP contribution in [0.2, 0.25) is 0 Å². The molecule has 0 bridgehead atoms. The maximum Gasteiger partial charge on any atom is 0.121 e. The maximum absolute atomic E-state index is 5.96. The first kappa shape index (κ1) is 15.5. The molecule has 0 N–H and O–H groups in total. The molecule has 0 radical (unpaired) electrons. The number of hydrogen-bond donors (Lipinski definition) is 0. The molecule has 1 aromatic heterocycles. The van der Waals surface area contributed by atoms with Crippen LogP contribution in [0.5, 0.6) is 5.75 Å². The predicted octanol–water partition coefficient (Wildman–Crippen LogP) is 5.30. The van der Waals surface area contributed by atoms with Crippen molar-refractivity contribution in [3.05, 3.63) is 71.0 Å².